The molecule has 128 valence electrons. The lowest BCUT2D eigenvalue weighted by Crippen LogP contribution is -2.15. The Hall–Kier alpha value is -2.93. The Morgan fingerprint density at radius 1 is 0.920 bits per heavy atom. The second-order valence-corrected chi connectivity index (χ2v) is 7.50. The molecule has 0 bridgehead atoms. The molecule has 0 aliphatic heterocycles. The summed E-state index contributed by atoms with van der Waals surface area (Å²) in [5, 5.41) is 11.3. The number of nitrogens with zero attached hydrogens (tertiary/aromatic N) is 2. The quantitative estimate of drug-likeness (QED) is 0.524. The van der Waals surface area contributed by atoms with Crippen LogP contribution in [-0.2, 0) is 10.0 Å². The molecule has 6 nitrogen and oxygen atoms in total. The maximum absolute atomic E-state index is 13.1. The second-order valence-electron chi connectivity index (χ2n) is 5.72. The zero-order valence-corrected chi connectivity index (χ0v) is 14.5. The van der Waals surface area contributed by atoms with Gasteiger partial charge >= 0.3 is 0 Å². The van der Waals surface area contributed by atoms with E-state index in [0.717, 1.165) is 9.54 Å². The molecule has 0 unspecified atom stereocenters. The summed E-state index contributed by atoms with van der Waals surface area (Å²) in [4.78, 5) is 10.9. The van der Waals surface area contributed by atoms with Crippen molar-refractivity contribution in [3.05, 3.63) is 82.0 Å². The van der Waals surface area contributed by atoms with Crippen molar-refractivity contribution < 1.29 is 13.3 Å². The Morgan fingerprint density at radius 3 is 2.20 bits per heavy atom. The number of aryl methyl sites for hydroxylation is 2. The first-order valence-electron chi connectivity index (χ1n) is 7.57. The highest BCUT2D eigenvalue weighted by Gasteiger charge is 2.25. The van der Waals surface area contributed by atoms with Gasteiger partial charge in [-0.05, 0) is 44.2 Å². The lowest BCUT2D eigenvalue weighted by Gasteiger charge is -2.13. The van der Waals surface area contributed by atoms with Gasteiger partial charge in [0.1, 0.15) is 0 Å². The van der Waals surface area contributed by atoms with Crippen LogP contribution in [0.25, 0.3) is 11.3 Å². The molecule has 3 aromatic rings. The second kappa shape index (κ2) is 6.18. The van der Waals surface area contributed by atoms with Gasteiger partial charge in [0.25, 0.3) is 15.7 Å². The molecule has 0 fully saturated rings. The molecule has 3 rings (SSSR count). The van der Waals surface area contributed by atoms with Gasteiger partial charge in [0.2, 0.25) is 0 Å². The fourth-order valence-electron chi connectivity index (χ4n) is 2.71. The van der Waals surface area contributed by atoms with Crippen LogP contribution in [0, 0.1) is 24.0 Å². The predicted octanol–water partition coefficient (Wildman–Crippen LogP) is 3.92. The molecule has 0 spiro atoms. The van der Waals surface area contributed by atoms with Crippen LogP contribution >= 0.6 is 0 Å². The van der Waals surface area contributed by atoms with E-state index >= 15 is 0 Å². The lowest BCUT2D eigenvalue weighted by molar-refractivity contribution is -0.384. The summed E-state index contributed by atoms with van der Waals surface area (Å²) in [5.74, 6) is 0. The van der Waals surface area contributed by atoms with Crippen molar-refractivity contribution in [2.24, 2.45) is 0 Å². The van der Waals surface area contributed by atoms with Crippen LogP contribution in [0.3, 0.4) is 0 Å². The number of hydrogen-bond acceptors (Lipinski definition) is 4. The van der Waals surface area contributed by atoms with Crippen molar-refractivity contribution in [1.29, 1.82) is 0 Å². The van der Waals surface area contributed by atoms with Crippen LogP contribution in [0.15, 0.2) is 65.6 Å². The van der Waals surface area contributed by atoms with Gasteiger partial charge in [-0.2, -0.15) is 0 Å². The Bertz CT molecular complexity index is 1050. The van der Waals surface area contributed by atoms with Gasteiger partial charge in [-0.1, -0.05) is 29.8 Å². The van der Waals surface area contributed by atoms with Crippen LogP contribution in [0.1, 0.15) is 11.3 Å². The number of para-hydroxylation sites is 1. The lowest BCUT2D eigenvalue weighted by atomic mass is 10.1. The van der Waals surface area contributed by atoms with Gasteiger partial charge in [-0.25, -0.2) is 12.4 Å². The third-order valence-corrected chi connectivity index (χ3v) is 5.79. The minimum atomic E-state index is -3.87. The van der Waals surface area contributed by atoms with Gasteiger partial charge in [-0.15, -0.1) is 0 Å². The number of hydrogen-bond donors (Lipinski definition) is 0. The minimum absolute atomic E-state index is 0.136. The number of rotatable bonds is 4. The first-order valence-corrected chi connectivity index (χ1v) is 9.01. The van der Waals surface area contributed by atoms with Crippen molar-refractivity contribution >= 4 is 15.7 Å². The van der Waals surface area contributed by atoms with E-state index in [0.29, 0.717) is 5.69 Å². The highest BCUT2D eigenvalue weighted by Crippen LogP contribution is 2.33. The summed E-state index contributed by atoms with van der Waals surface area (Å²) in [6, 6.07) is 15.8. The summed E-state index contributed by atoms with van der Waals surface area (Å²) in [6.45, 7) is 3.53. The van der Waals surface area contributed by atoms with Crippen LogP contribution < -0.4 is 0 Å². The Kier molecular flexibility index (Phi) is 4.18. The zero-order chi connectivity index (χ0) is 18.2. The molecular weight excluding hydrogens is 340 g/mol. The summed E-state index contributed by atoms with van der Waals surface area (Å²) < 4.78 is 27.3. The van der Waals surface area contributed by atoms with Gasteiger partial charge in [-0.3, -0.25) is 10.1 Å². The van der Waals surface area contributed by atoms with Crippen molar-refractivity contribution in [2.75, 3.05) is 0 Å². The summed E-state index contributed by atoms with van der Waals surface area (Å²) in [7, 11) is -3.87. The molecular formula is C18H16N2O4S. The SMILES string of the molecule is Cc1ccc(S(=O)(=O)n2c(C)ccc2-c2ccccc2[N+](=O)[O-])cc1. The van der Waals surface area contributed by atoms with Crippen LogP contribution in [0.5, 0.6) is 0 Å². The minimum Gasteiger partial charge on any atom is -0.258 e. The standard InChI is InChI=1S/C18H16N2O4S/c1-13-7-10-15(11-8-13)25(23,24)19-14(2)9-12-17(19)16-5-3-4-6-18(16)20(21)22/h3-12H,1-2H3. The molecule has 25 heavy (non-hydrogen) atoms. The topological polar surface area (TPSA) is 82.2 Å². The molecule has 0 saturated carbocycles. The van der Waals surface area contributed by atoms with E-state index in [-0.39, 0.29) is 21.8 Å². The van der Waals surface area contributed by atoms with Crippen molar-refractivity contribution in [1.82, 2.24) is 3.97 Å². The molecule has 0 saturated heterocycles. The molecule has 0 aliphatic carbocycles. The van der Waals surface area contributed by atoms with Crippen LogP contribution in [0.4, 0.5) is 5.69 Å². The normalized spacial score (nSPS) is 11.4. The third kappa shape index (κ3) is 2.94. The largest absolute Gasteiger partial charge is 0.278 e. The Balaban J connectivity index is 2.25. The number of benzene rings is 2. The van der Waals surface area contributed by atoms with E-state index in [1.807, 2.05) is 6.92 Å². The van der Waals surface area contributed by atoms with E-state index in [9.17, 15) is 18.5 Å². The van der Waals surface area contributed by atoms with E-state index in [1.54, 1.807) is 49.4 Å². The van der Waals surface area contributed by atoms with Crippen molar-refractivity contribution in [3.8, 4) is 11.3 Å². The van der Waals surface area contributed by atoms with Gasteiger partial charge in [0.15, 0.2) is 0 Å². The molecule has 0 aliphatic rings. The fraction of sp³-hybridized carbons (Fsp3) is 0.111. The molecule has 2 aromatic carbocycles. The first-order chi connectivity index (χ1) is 11.8. The number of nitro groups is 1. The van der Waals surface area contributed by atoms with Crippen LogP contribution in [-0.4, -0.2) is 17.3 Å². The number of nitro benzene ring substituents is 1. The highest BCUT2D eigenvalue weighted by atomic mass is 32.2. The van der Waals surface area contributed by atoms with E-state index in [4.69, 9.17) is 0 Å². The molecule has 0 N–H and O–H groups in total. The molecule has 1 heterocycles. The summed E-state index contributed by atoms with van der Waals surface area (Å²) >= 11 is 0. The van der Waals surface area contributed by atoms with Crippen molar-refractivity contribution in [3.63, 3.8) is 0 Å². The molecule has 1 aromatic heterocycles. The Morgan fingerprint density at radius 2 is 1.56 bits per heavy atom. The monoisotopic (exact) mass is 356 g/mol. The number of aromatic nitrogens is 1. The average Bonchev–Trinajstić information content (AvgIpc) is 2.97. The van der Waals surface area contributed by atoms with E-state index in [2.05, 4.69) is 0 Å². The zero-order valence-electron chi connectivity index (χ0n) is 13.7. The highest BCUT2D eigenvalue weighted by molar-refractivity contribution is 7.90. The maximum Gasteiger partial charge on any atom is 0.278 e. The van der Waals surface area contributed by atoms with Gasteiger partial charge < -0.3 is 0 Å². The van der Waals surface area contributed by atoms with Crippen molar-refractivity contribution in [2.45, 2.75) is 18.7 Å². The van der Waals surface area contributed by atoms with Crippen LogP contribution in [0.2, 0.25) is 0 Å². The maximum atomic E-state index is 13.1. The summed E-state index contributed by atoms with van der Waals surface area (Å²) in [6.07, 6.45) is 0. The average molecular weight is 356 g/mol. The predicted molar refractivity (Wildman–Crippen MR) is 95.0 cm³/mol. The Labute approximate surface area is 145 Å². The van der Waals surface area contributed by atoms with Gasteiger partial charge in [0, 0.05) is 11.8 Å². The molecule has 0 radical (unpaired) electrons. The fourth-order valence-corrected chi connectivity index (χ4v) is 4.26. The van der Waals surface area contributed by atoms with E-state index < -0.39 is 14.9 Å². The third-order valence-electron chi connectivity index (χ3n) is 3.96. The smallest absolute Gasteiger partial charge is 0.258 e. The summed E-state index contributed by atoms with van der Waals surface area (Å²) in [5.41, 5.74) is 1.82. The molecule has 0 atom stereocenters. The van der Waals surface area contributed by atoms with Gasteiger partial charge in [0.05, 0.1) is 21.1 Å². The molecule has 0 amide bonds. The van der Waals surface area contributed by atoms with E-state index in [1.165, 1.54) is 18.2 Å². The molecule has 7 heteroatoms. The first kappa shape index (κ1) is 16.9.